The first-order valence-corrected chi connectivity index (χ1v) is 9.06. The Morgan fingerprint density at radius 1 is 1.17 bits per heavy atom. The molecule has 0 bridgehead atoms. The standard InChI is InChI=1S/C22H19FN2O4/c1-11(22(28)29)17-15-8-13(7-12-3-5-14(23)6-4-12)9-24-19(15)20(26)18-16(17)10-25(2)21(18)27/h3-6,8-11,26-27H,7H2,1-2H3,(H,28,29). The molecule has 148 valence electrons. The van der Waals surface area contributed by atoms with E-state index in [9.17, 15) is 24.5 Å². The van der Waals surface area contributed by atoms with E-state index in [1.165, 1.54) is 16.7 Å². The third kappa shape index (κ3) is 3.04. The Kier molecular flexibility index (Phi) is 4.38. The lowest BCUT2D eigenvalue weighted by atomic mass is 9.91. The van der Waals surface area contributed by atoms with Crippen LogP contribution in [0.5, 0.6) is 11.6 Å². The van der Waals surface area contributed by atoms with E-state index in [4.69, 9.17) is 0 Å². The normalized spacial score (nSPS) is 12.5. The van der Waals surface area contributed by atoms with Crippen LogP contribution in [0, 0.1) is 5.82 Å². The number of aryl methyl sites for hydroxylation is 1. The van der Waals surface area contributed by atoms with E-state index in [2.05, 4.69) is 4.98 Å². The summed E-state index contributed by atoms with van der Waals surface area (Å²) >= 11 is 0. The molecular formula is C22H19FN2O4. The van der Waals surface area contributed by atoms with Crippen molar-refractivity contribution in [1.29, 1.82) is 0 Å². The van der Waals surface area contributed by atoms with Crippen LogP contribution in [0.3, 0.4) is 0 Å². The van der Waals surface area contributed by atoms with Crippen LogP contribution < -0.4 is 0 Å². The molecule has 4 aromatic rings. The molecule has 3 N–H and O–H groups in total. The first kappa shape index (κ1) is 18.7. The number of phenolic OH excluding ortho intramolecular Hbond substituents is 1. The van der Waals surface area contributed by atoms with Gasteiger partial charge in [0.15, 0.2) is 5.75 Å². The number of carboxylic acid groups (broad SMARTS) is 1. The minimum Gasteiger partial charge on any atom is -0.505 e. The second kappa shape index (κ2) is 6.77. The third-order valence-corrected chi connectivity index (χ3v) is 5.26. The SMILES string of the molecule is CC(C(=O)O)c1c2cc(Cc3ccc(F)cc3)cnc2c(O)c2c(O)n(C)cc12. The van der Waals surface area contributed by atoms with Gasteiger partial charge in [-0.25, -0.2) is 4.39 Å². The van der Waals surface area contributed by atoms with Crippen LogP contribution >= 0.6 is 0 Å². The van der Waals surface area contributed by atoms with Gasteiger partial charge >= 0.3 is 5.97 Å². The second-order valence-electron chi connectivity index (χ2n) is 7.22. The molecule has 0 radical (unpaired) electrons. The average Bonchev–Trinajstić information content (AvgIpc) is 2.98. The smallest absolute Gasteiger partial charge is 0.310 e. The van der Waals surface area contributed by atoms with Gasteiger partial charge < -0.3 is 19.9 Å². The number of carbonyl (C=O) groups is 1. The number of aromatic hydroxyl groups is 2. The minimum absolute atomic E-state index is 0.157. The molecule has 0 aliphatic rings. The van der Waals surface area contributed by atoms with Crippen molar-refractivity contribution in [3.8, 4) is 11.6 Å². The van der Waals surface area contributed by atoms with Crippen molar-refractivity contribution >= 4 is 27.6 Å². The van der Waals surface area contributed by atoms with E-state index in [0.29, 0.717) is 22.8 Å². The fourth-order valence-electron chi connectivity index (χ4n) is 3.74. The molecule has 0 aliphatic heterocycles. The summed E-state index contributed by atoms with van der Waals surface area (Å²) in [6, 6.07) is 7.91. The number of aliphatic carboxylic acids is 1. The summed E-state index contributed by atoms with van der Waals surface area (Å²) in [6.45, 7) is 1.56. The largest absolute Gasteiger partial charge is 0.505 e. The predicted octanol–water partition coefficient (Wildman–Crippen LogP) is 4.06. The molecule has 0 aliphatic carbocycles. The fraction of sp³-hybridized carbons (Fsp3) is 0.182. The third-order valence-electron chi connectivity index (χ3n) is 5.26. The molecule has 0 fully saturated rings. The van der Waals surface area contributed by atoms with Crippen LogP contribution in [0.25, 0.3) is 21.7 Å². The second-order valence-corrected chi connectivity index (χ2v) is 7.22. The molecule has 4 rings (SSSR count). The predicted molar refractivity (Wildman–Crippen MR) is 107 cm³/mol. The van der Waals surface area contributed by atoms with Crippen molar-refractivity contribution in [2.75, 3.05) is 0 Å². The zero-order valence-electron chi connectivity index (χ0n) is 15.8. The van der Waals surface area contributed by atoms with Crippen molar-refractivity contribution in [3.05, 3.63) is 65.2 Å². The van der Waals surface area contributed by atoms with Crippen molar-refractivity contribution in [3.63, 3.8) is 0 Å². The van der Waals surface area contributed by atoms with Gasteiger partial charge in [0, 0.05) is 30.2 Å². The number of halogens is 1. The number of phenols is 1. The Labute approximate surface area is 165 Å². The first-order chi connectivity index (χ1) is 13.8. The average molecular weight is 394 g/mol. The fourth-order valence-corrected chi connectivity index (χ4v) is 3.74. The van der Waals surface area contributed by atoms with Gasteiger partial charge in [0.2, 0.25) is 5.88 Å². The lowest BCUT2D eigenvalue weighted by Crippen LogP contribution is -2.09. The molecular weight excluding hydrogens is 375 g/mol. The molecule has 0 amide bonds. The summed E-state index contributed by atoms with van der Waals surface area (Å²) in [5.74, 6) is -2.58. The molecule has 2 aromatic carbocycles. The molecule has 2 aromatic heterocycles. The number of rotatable bonds is 4. The monoisotopic (exact) mass is 394 g/mol. The van der Waals surface area contributed by atoms with Gasteiger partial charge in [-0.1, -0.05) is 12.1 Å². The Morgan fingerprint density at radius 3 is 2.52 bits per heavy atom. The molecule has 0 spiro atoms. The van der Waals surface area contributed by atoms with E-state index < -0.39 is 11.9 Å². The number of pyridine rings is 1. The molecule has 6 nitrogen and oxygen atoms in total. The summed E-state index contributed by atoms with van der Waals surface area (Å²) in [6.07, 6.45) is 3.67. The molecule has 2 heterocycles. The van der Waals surface area contributed by atoms with E-state index >= 15 is 0 Å². The van der Waals surface area contributed by atoms with Gasteiger partial charge in [-0.2, -0.15) is 0 Å². The van der Waals surface area contributed by atoms with Gasteiger partial charge in [-0.15, -0.1) is 0 Å². The van der Waals surface area contributed by atoms with Crippen LogP contribution in [0.1, 0.15) is 29.5 Å². The highest BCUT2D eigenvalue weighted by atomic mass is 19.1. The minimum atomic E-state index is -1.02. The molecule has 29 heavy (non-hydrogen) atoms. The number of hydrogen-bond acceptors (Lipinski definition) is 4. The maximum atomic E-state index is 13.2. The maximum absolute atomic E-state index is 13.2. The number of hydrogen-bond donors (Lipinski definition) is 3. The van der Waals surface area contributed by atoms with Crippen molar-refractivity contribution in [2.45, 2.75) is 19.3 Å². The van der Waals surface area contributed by atoms with Crippen LogP contribution in [0.15, 0.2) is 42.7 Å². The lowest BCUT2D eigenvalue weighted by molar-refractivity contribution is -0.138. The van der Waals surface area contributed by atoms with Gasteiger partial charge in [-0.05, 0) is 48.2 Å². The van der Waals surface area contributed by atoms with E-state index in [0.717, 1.165) is 11.1 Å². The van der Waals surface area contributed by atoms with Gasteiger partial charge in [0.25, 0.3) is 0 Å². The number of fused-ring (bicyclic) bond motifs is 2. The Balaban J connectivity index is 1.99. The first-order valence-electron chi connectivity index (χ1n) is 9.06. The van der Waals surface area contributed by atoms with Crippen LogP contribution in [0.2, 0.25) is 0 Å². The number of nitrogens with zero attached hydrogens (tertiary/aromatic N) is 2. The van der Waals surface area contributed by atoms with Crippen molar-refractivity contribution in [2.24, 2.45) is 7.05 Å². The maximum Gasteiger partial charge on any atom is 0.310 e. The summed E-state index contributed by atoms with van der Waals surface area (Å²) in [7, 11) is 1.61. The lowest BCUT2D eigenvalue weighted by Gasteiger charge is -2.15. The highest BCUT2D eigenvalue weighted by Gasteiger charge is 2.26. The molecule has 1 unspecified atom stereocenters. The van der Waals surface area contributed by atoms with Crippen molar-refractivity contribution < 1.29 is 24.5 Å². The Bertz CT molecular complexity index is 1260. The van der Waals surface area contributed by atoms with Gasteiger partial charge in [0.05, 0.1) is 11.3 Å². The Hall–Kier alpha value is -3.61. The van der Waals surface area contributed by atoms with E-state index in [1.807, 2.05) is 0 Å². The highest BCUT2D eigenvalue weighted by Crippen LogP contribution is 2.44. The summed E-state index contributed by atoms with van der Waals surface area (Å²) < 4.78 is 14.6. The number of benzene rings is 2. The highest BCUT2D eigenvalue weighted by molar-refractivity contribution is 6.11. The summed E-state index contributed by atoms with van der Waals surface area (Å²) in [5.41, 5.74) is 2.37. The topological polar surface area (TPSA) is 95.6 Å². The van der Waals surface area contributed by atoms with Gasteiger partial charge in [0.1, 0.15) is 11.3 Å². The number of carboxylic acids is 1. The zero-order valence-corrected chi connectivity index (χ0v) is 15.8. The van der Waals surface area contributed by atoms with E-state index in [-0.39, 0.29) is 28.3 Å². The van der Waals surface area contributed by atoms with Crippen LogP contribution in [-0.2, 0) is 18.3 Å². The van der Waals surface area contributed by atoms with Gasteiger partial charge in [-0.3, -0.25) is 9.78 Å². The molecule has 0 saturated heterocycles. The zero-order chi connectivity index (χ0) is 20.9. The summed E-state index contributed by atoms with van der Waals surface area (Å²) in [4.78, 5) is 16.1. The molecule has 1 atom stereocenters. The van der Waals surface area contributed by atoms with Crippen molar-refractivity contribution in [1.82, 2.24) is 9.55 Å². The number of aromatic nitrogens is 2. The van der Waals surface area contributed by atoms with E-state index in [1.54, 1.807) is 44.6 Å². The summed E-state index contributed by atoms with van der Waals surface area (Å²) in [5, 5.41) is 31.9. The Morgan fingerprint density at radius 2 is 1.86 bits per heavy atom. The molecule has 0 saturated carbocycles. The quantitative estimate of drug-likeness (QED) is 0.485. The molecule has 7 heteroatoms. The van der Waals surface area contributed by atoms with Crippen LogP contribution in [-0.4, -0.2) is 30.8 Å². The van der Waals surface area contributed by atoms with Crippen LogP contribution in [0.4, 0.5) is 4.39 Å².